The molecule has 1 amide bonds. The summed E-state index contributed by atoms with van der Waals surface area (Å²) >= 11 is 0. The number of aromatic nitrogens is 1. The Morgan fingerprint density at radius 2 is 2.30 bits per heavy atom. The summed E-state index contributed by atoms with van der Waals surface area (Å²) in [6, 6.07) is 3.38. The van der Waals surface area contributed by atoms with Crippen LogP contribution in [0.3, 0.4) is 0 Å². The predicted octanol–water partition coefficient (Wildman–Crippen LogP) is -0.588. The molecule has 2 aliphatic rings. The molecule has 0 bridgehead atoms. The van der Waals surface area contributed by atoms with Crippen molar-refractivity contribution < 1.29 is 14.3 Å². The maximum Gasteiger partial charge on any atom is 0.240 e. The Morgan fingerprint density at radius 3 is 3.00 bits per heavy atom. The first kappa shape index (κ1) is 16.1. The molecule has 0 aliphatic carbocycles. The third-order valence-corrected chi connectivity index (χ3v) is 4.11. The van der Waals surface area contributed by atoms with Crippen molar-refractivity contribution in [2.75, 3.05) is 13.2 Å². The Bertz CT molecular complexity index is 538. The van der Waals surface area contributed by atoms with Crippen LogP contribution in [0.2, 0.25) is 0 Å². The molecule has 23 heavy (non-hydrogen) atoms. The maximum atomic E-state index is 12.4. The van der Waals surface area contributed by atoms with Crippen molar-refractivity contribution in [3.05, 3.63) is 24.0 Å². The van der Waals surface area contributed by atoms with Crippen molar-refractivity contribution in [2.45, 2.75) is 44.5 Å². The number of pyridine rings is 1. The molecule has 0 radical (unpaired) electrons. The van der Waals surface area contributed by atoms with Gasteiger partial charge in [0.05, 0.1) is 18.8 Å². The highest BCUT2D eigenvalue weighted by atomic mass is 16.5. The zero-order chi connectivity index (χ0) is 16.2. The van der Waals surface area contributed by atoms with E-state index in [0.29, 0.717) is 19.0 Å². The van der Waals surface area contributed by atoms with Gasteiger partial charge >= 0.3 is 0 Å². The normalized spacial score (nSPS) is 30.9. The molecule has 4 N–H and O–H groups in total. The number of hydrazine groups is 2. The van der Waals surface area contributed by atoms with E-state index < -0.39 is 0 Å². The van der Waals surface area contributed by atoms with Crippen LogP contribution in [0.5, 0.6) is 5.75 Å². The summed E-state index contributed by atoms with van der Waals surface area (Å²) in [4.78, 5) is 16.6. The topological polar surface area (TPSA) is 96.5 Å². The molecule has 2 unspecified atom stereocenters. The highest BCUT2D eigenvalue weighted by Gasteiger charge is 2.34. The van der Waals surface area contributed by atoms with E-state index in [4.69, 9.17) is 9.47 Å². The number of carbonyl (C=O) groups excluding carboxylic acids is 1. The lowest BCUT2D eigenvalue weighted by molar-refractivity contribution is -0.126. The number of amides is 1. The van der Waals surface area contributed by atoms with Gasteiger partial charge in [-0.3, -0.25) is 9.78 Å². The van der Waals surface area contributed by atoms with Crippen LogP contribution in [0.15, 0.2) is 18.3 Å². The van der Waals surface area contributed by atoms with Gasteiger partial charge in [0.15, 0.2) is 0 Å². The molecule has 8 nitrogen and oxygen atoms in total. The van der Waals surface area contributed by atoms with Crippen LogP contribution in [0.25, 0.3) is 0 Å². The monoisotopic (exact) mass is 321 g/mol. The molecule has 2 fully saturated rings. The van der Waals surface area contributed by atoms with Gasteiger partial charge in [0.2, 0.25) is 5.91 Å². The van der Waals surface area contributed by atoms with Crippen molar-refractivity contribution in [2.24, 2.45) is 0 Å². The number of hydrogen-bond acceptors (Lipinski definition) is 7. The SMILES string of the molecule is Cc1ccc(O[C@H]2COCC[C@H]2NC(=O)C2NNNC2C)cn1. The van der Waals surface area contributed by atoms with Gasteiger partial charge in [0.25, 0.3) is 0 Å². The molecule has 126 valence electrons. The summed E-state index contributed by atoms with van der Waals surface area (Å²) in [6.45, 7) is 4.92. The van der Waals surface area contributed by atoms with Crippen LogP contribution in [0.1, 0.15) is 19.0 Å². The van der Waals surface area contributed by atoms with Gasteiger partial charge in [-0.25, -0.2) is 10.9 Å². The summed E-state index contributed by atoms with van der Waals surface area (Å²) in [5.74, 6) is 0.624. The Balaban J connectivity index is 1.61. The molecule has 0 spiro atoms. The lowest BCUT2D eigenvalue weighted by atomic mass is 10.0. The smallest absolute Gasteiger partial charge is 0.240 e. The minimum Gasteiger partial charge on any atom is -0.484 e. The number of aryl methyl sites for hydroxylation is 1. The van der Waals surface area contributed by atoms with Gasteiger partial charge < -0.3 is 14.8 Å². The third kappa shape index (κ3) is 3.97. The second-order valence-electron chi connectivity index (χ2n) is 5.95. The van der Waals surface area contributed by atoms with Crippen LogP contribution in [0.4, 0.5) is 0 Å². The van der Waals surface area contributed by atoms with E-state index in [1.807, 2.05) is 26.0 Å². The van der Waals surface area contributed by atoms with E-state index in [1.165, 1.54) is 0 Å². The van der Waals surface area contributed by atoms with Crippen molar-refractivity contribution in [1.82, 2.24) is 26.7 Å². The minimum atomic E-state index is -0.320. The Kier molecular flexibility index (Phi) is 5.06. The van der Waals surface area contributed by atoms with E-state index in [-0.39, 0.29) is 30.1 Å². The van der Waals surface area contributed by atoms with E-state index in [2.05, 4.69) is 26.7 Å². The second-order valence-corrected chi connectivity index (χ2v) is 5.95. The highest BCUT2D eigenvalue weighted by Crippen LogP contribution is 2.17. The number of ether oxygens (including phenoxy) is 2. The van der Waals surface area contributed by atoms with Crippen molar-refractivity contribution in [3.63, 3.8) is 0 Å². The standard InChI is InChI=1S/C15H23N5O3/c1-9-3-4-11(7-16-9)23-13-8-22-6-5-12(13)17-15(21)14-10(2)18-20-19-14/h3-4,7,10,12-14,18-20H,5-6,8H2,1-2H3,(H,17,21)/t10?,12-,13+,14?/m1/s1. The van der Waals surface area contributed by atoms with Gasteiger partial charge in [0, 0.05) is 18.3 Å². The highest BCUT2D eigenvalue weighted by molar-refractivity contribution is 5.83. The number of hydrogen-bond donors (Lipinski definition) is 4. The Hall–Kier alpha value is -1.74. The molecule has 3 rings (SSSR count). The molecule has 4 atom stereocenters. The first-order chi connectivity index (χ1) is 11.1. The zero-order valence-electron chi connectivity index (χ0n) is 13.3. The lowest BCUT2D eigenvalue weighted by Crippen LogP contribution is -2.56. The Labute approximate surface area is 135 Å². The molecule has 0 saturated carbocycles. The zero-order valence-corrected chi connectivity index (χ0v) is 13.3. The molecule has 1 aromatic rings. The molecular formula is C15H23N5O3. The van der Waals surface area contributed by atoms with Crippen LogP contribution in [0, 0.1) is 6.92 Å². The van der Waals surface area contributed by atoms with E-state index in [9.17, 15) is 4.79 Å². The number of carbonyl (C=O) groups is 1. The number of rotatable bonds is 4. The van der Waals surface area contributed by atoms with E-state index in [1.54, 1.807) is 6.20 Å². The van der Waals surface area contributed by atoms with E-state index in [0.717, 1.165) is 12.1 Å². The van der Waals surface area contributed by atoms with Gasteiger partial charge in [0.1, 0.15) is 17.9 Å². The lowest BCUT2D eigenvalue weighted by Gasteiger charge is -2.33. The van der Waals surface area contributed by atoms with Crippen molar-refractivity contribution in [3.8, 4) is 5.75 Å². The third-order valence-electron chi connectivity index (χ3n) is 4.11. The number of nitrogens with zero attached hydrogens (tertiary/aromatic N) is 1. The summed E-state index contributed by atoms with van der Waals surface area (Å²) in [7, 11) is 0. The average Bonchev–Trinajstić information content (AvgIpc) is 2.97. The molecular weight excluding hydrogens is 298 g/mol. The summed E-state index contributed by atoms with van der Waals surface area (Å²) < 4.78 is 11.5. The van der Waals surface area contributed by atoms with Crippen LogP contribution >= 0.6 is 0 Å². The fraction of sp³-hybridized carbons (Fsp3) is 0.600. The van der Waals surface area contributed by atoms with Crippen LogP contribution < -0.4 is 26.4 Å². The molecule has 0 aromatic carbocycles. The maximum absolute atomic E-state index is 12.4. The van der Waals surface area contributed by atoms with E-state index >= 15 is 0 Å². The largest absolute Gasteiger partial charge is 0.484 e. The molecule has 3 heterocycles. The number of nitrogens with one attached hydrogen (secondary N) is 4. The molecule has 1 aromatic heterocycles. The van der Waals surface area contributed by atoms with Gasteiger partial charge in [-0.1, -0.05) is 0 Å². The summed E-state index contributed by atoms with van der Waals surface area (Å²) in [5, 5.41) is 3.07. The summed E-state index contributed by atoms with van der Waals surface area (Å²) in [6.07, 6.45) is 2.18. The van der Waals surface area contributed by atoms with Crippen LogP contribution in [-0.2, 0) is 9.53 Å². The van der Waals surface area contributed by atoms with Crippen LogP contribution in [-0.4, -0.2) is 48.3 Å². The first-order valence-electron chi connectivity index (χ1n) is 7.87. The fourth-order valence-electron chi connectivity index (χ4n) is 2.70. The first-order valence-corrected chi connectivity index (χ1v) is 7.87. The van der Waals surface area contributed by atoms with Gasteiger partial charge in [-0.05, 0) is 32.4 Å². The van der Waals surface area contributed by atoms with Gasteiger partial charge in [-0.2, -0.15) is 5.53 Å². The fourth-order valence-corrected chi connectivity index (χ4v) is 2.70. The predicted molar refractivity (Wildman–Crippen MR) is 83.4 cm³/mol. The molecule has 2 saturated heterocycles. The van der Waals surface area contributed by atoms with Gasteiger partial charge in [-0.15, -0.1) is 0 Å². The second kappa shape index (κ2) is 7.22. The summed E-state index contributed by atoms with van der Waals surface area (Å²) in [5.41, 5.74) is 9.57. The average molecular weight is 321 g/mol. The molecule has 2 aliphatic heterocycles. The van der Waals surface area contributed by atoms with Crippen molar-refractivity contribution >= 4 is 5.91 Å². The molecule has 8 heteroatoms. The quantitative estimate of drug-likeness (QED) is 0.589. The Morgan fingerprint density at radius 1 is 1.43 bits per heavy atom. The van der Waals surface area contributed by atoms with Crippen molar-refractivity contribution in [1.29, 1.82) is 0 Å². The minimum absolute atomic E-state index is 0.00973.